The summed E-state index contributed by atoms with van der Waals surface area (Å²) in [5, 5.41) is 5.88. The number of methoxy groups -OCH3 is 1. The van der Waals surface area contributed by atoms with Crippen molar-refractivity contribution in [1.29, 1.82) is 0 Å². The SMILES string of the molecule is COc1ccccc1C(=O)NC(CCSC)C(=O)NCc1ccc(CN2CCCCC2C)cc1. The first-order valence-corrected chi connectivity index (χ1v) is 13.4. The first kappa shape index (κ1) is 26.1. The summed E-state index contributed by atoms with van der Waals surface area (Å²) >= 11 is 1.65. The molecule has 2 amide bonds. The van der Waals surface area contributed by atoms with E-state index in [9.17, 15) is 9.59 Å². The van der Waals surface area contributed by atoms with Gasteiger partial charge in [0.1, 0.15) is 11.8 Å². The Labute approximate surface area is 207 Å². The first-order chi connectivity index (χ1) is 16.5. The molecule has 1 aliphatic heterocycles. The molecule has 0 saturated carbocycles. The predicted molar refractivity (Wildman–Crippen MR) is 139 cm³/mol. The summed E-state index contributed by atoms with van der Waals surface area (Å²) in [6.07, 6.45) is 6.42. The molecule has 184 valence electrons. The van der Waals surface area contributed by atoms with Gasteiger partial charge in [-0.2, -0.15) is 11.8 Å². The summed E-state index contributed by atoms with van der Waals surface area (Å²) in [5.74, 6) is 0.773. The van der Waals surface area contributed by atoms with E-state index in [1.807, 2.05) is 12.3 Å². The van der Waals surface area contributed by atoms with E-state index in [0.717, 1.165) is 24.4 Å². The fourth-order valence-electron chi connectivity index (χ4n) is 4.27. The lowest BCUT2D eigenvalue weighted by molar-refractivity contribution is -0.123. The lowest BCUT2D eigenvalue weighted by Crippen LogP contribution is -2.47. The standard InChI is InChI=1S/C27H37N3O3S/c1-20-8-6-7-16-30(20)19-22-13-11-21(12-14-22)18-28-27(32)24(15-17-34-3)29-26(31)23-9-4-5-10-25(23)33-2/h4-5,9-14,20,24H,6-8,15-19H2,1-3H3,(H,28,32)(H,29,31). The highest BCUT2D eigenvalue weighted by molar-refractivity contribution is 7.98. The average Bonchev–Trinajstić information content (AvgIpc) is 2.87. The number of nitrogens with one attached hydrogen (secondary N) is 2. The highest BCUT2D eigenvalue weighted by Crippen LogP contribution is 2.20. The highest BCUT2D eigenvalue weighted by atomic mass is 32.2. The Morgan fingerprint density at radius 3 is 2.56 bits per heavy atom. The summed E-state index contributed by atoms with van der Waals surface area (Å²) in [4.78, 5) is 28.3. The Hall–Kier alpha value is -2.51. The summed E-state index contributed by atoms with van der Waals surface area (Å²) < 4.78 is 5.29. The molecule has 0 aliphatic carbocycles. The zero-order valence-corrected chi connectivity index (χ0v) is 21.3. The van der Waals surface area contributed by atoms with Gasteiger partial charge in [0.05, 0.1) is 12.7 Å². The third-order valence-electron chi connectivity index (χ3n) is 6.40. The number of likely N-dealkylation sites (tertiary alicyclic amines) is 1. The van der Waals surface area contributed by atoms with E-state index in [2.05, 4.69) is 46.7 Å². The number of nitrogens with zero attached hydrogens (tertiary/aromatic N) is 1. The molecule has 2 unspecified atom stereocenters. The quantitative estimate of drug-likeness (QED) is 0.500. The molecule has 1 saturated heterocycles. The van der Waals surface area contributed by atoms with Gasteiger partial charge in [-0.3, -0.25) is 14.5 Å². The molecular formula is C27H37N3O3S. The van der Waals surface area contributed by atoms with Gasteiger partial charge in [0.25, 0.3) is 5.91 Å². The van der Waals surface area contributed by atoms with Crippen LogP contribution in [-0.4, -0.2) is 54.5 Å². The molecule has 34 heavy (non-hydrogen) atoms. The third-order valence-corrected chi connectivity index (χ3v) is 7.04. The number of ether oxygens (including phenoxy) is 1. The van der Waals surface area contributed by atoms with Crippen LogP contribution in [0.15, 0.2) is 48.5 Å². The lowest BCUT2D eigenvalue weighted by atomic mass is 10.0. The van der Waals surface area contributed by atoms with Crippen LogP contribution in [0.4, 0.5) is 0 Å². The number of hydrogen-bond donors (Lipinski definition) is 2. The summed E-state index contributed by atoms with van der Waals surface area (Å²) in [7, 11) is 1.53. The maximum atomic E-state index is 12.9. The number of rotatable bonds is 11. The lowest BCUT2D eigenvalue weighted by Gasteiger charge is -2.33. The molecule has 2 aromatic carbocycles. The maximum Gasteiger partial charge on any atom is 0.255 e. The molecule has 0 radical (unpaired) electrons. The molecule has 0 spiro atoms. The molecule has 1 fully saturated rings. The van der Waals surface area contributed by atoms with Gasteiger partial charge in [0.2, 0.25) is 5.91 Å². The Kier molecular flexibility index (Phi) is 10.3. The first-order valence-electron chi connectivity index (χ1n) is 12.0. The molecule has 2 atom stereocenters. The average molecular weight is 484 g/mol. The molecule has 2 aromatic rings. The van der Waals surface area contributed by atoms with Crippen molar-refractivity contribution in [3.05, 3.63) is 65.2 Å². The van der Waals surface area contributed by atoms with Crippen LogP contribution in [-0.2, 0) is 17.9 Å². The van der Waals surface area contributed by atoms with Crippen molar-refractivity contribution in [2.45, 2.75) is 57.8 Å². The van der Waals surface area contributed by atoms with Gasteiger partial charge < -0.3 is 15.4 Å². The molecule has 2 N–H and O–H groups in total. The number of benzene rings is 2. The monoisotopic (exact) mass is 483 g/mol. The normalized spacial score (nSPS) is 17.1. The highest BCUT2D eigenvalue weighted by Gasteiger charge is 2.23. The largest absolute Gasteiger partial charge is 0.496 e. The van der Waals surface area contributed by atoms with Crippen LogP contribution in [0.5, 0.6) is 5.75 Å². The molecule has 0 bridgehead atoms. The van der Waals surface area contributed by atoms with E-state index < -0.39 is 6.04 Å². The zero-order chi connectivity index (χ0) is 24.3. The molecule has 3 rings (SSSR count). The van der Waals surface area contributed by atoms with Crippen LogP contribution in [0.1, 0.15) is 54.1 Å². The van der Waals surface area contributed by atoms with E-state index in [0.29, 0.717) is 30.3 Å². The second kappa shape index (κ2) is 13.4. The van der Waals surface area contributed by atoms with E-state index in [-0.39, 0.29) is 11.8 Å². The Morgan fingerprint density at radius 1 is 1.12 bits per heavy atom. The minimum Gasteiger partial charge on any atom is -0.496 e. The van der Waals surface area contributed by atoms with Crippen molar-refractivity contribution in [1.82, 2.24) is 15.5 Å². The number of thioether (sulfide) groups is 1. The van der Waals surface area contributed by atoms with Crippen LogP contribution < -0.4 is 15.4 Å². The third kappa shape index (κ3) is 7.50. The van der Waals surface area contributed by atoms with Crippen LogP contribution >= 0.6 is 11.8 Å². The van der Waals surface area contributed by atoms with Gasteiger partial charge in [0, 0.05) is 19.1 Å². The van der Waals surface area contributed by atoms with Gasteiger partial charge in [-0.25, -0.2) is 0 Å². The minimum absolute atomic E-state index is 0.177. The number of para-hydroxylation sites is 1. The fourth-order valence-corrected chi connectivity index (χ4v) is 4.75. The van der Waals surface area contributed by atoms with E-state index in [1.165, 1.54) is 31.9 Å². The van der Waals surface area contributed by atoms with E-state index in [4.69, 9.17) is 4.74 Å². The molecule has 1 heterocycles. The van der Waals surface area contributed by atoms with Gasteiger partial charge >= 0.3 is 0 Å². The number of carbonyl (C=O) groups is 2. The topological polar surface area (TPSA) is 70.7 Å². The number of piperidine rings is 1. The zero-order valence-electron chi connectivity index (χ0n) is 20.5. The maximum absolute atomic E-state index is 12.9. The van der Waals surface area contributed by atoms with Crippen molar-refractivity contribution < 1.29 is 14.3 Å². The molecule has 7 heteroatoms. The van der Waals surface area contributed by atoms with Crippen LogP contribution in [0.25, 0.3) is 0 Å². The van der Waals surface area contributed by atoms with Crippen molar-refractivity contribution in [2.24, 2.45) is 0 Å². The Morgan fingerprint density at radius 2 is 1.85 bits per heavy atom. The smallest absolute Gasteiger partial charge is 0.255 e. The van der Waals surface area contributed by atoms with Gasteiger partial charge in [-0.15, -0.1) is 0 Å². The van der Waals surface area contributed by atoms with Gasteiger partial charge in [-0.1, -0.05) is 42.8 Å². The van der Waals surface area contributed by atoms with Crippen molar-refractivity contribution in [2.75, 3.05) is 25.7 Å². The number of hydrogen-bond acceptors (Lipinski definition) is 5. The fraction of sp³-hybridized carbons (Fsp3) is 0.481. The van der Waals surface area contributed by atoms with Crippen LogP contribution in [0.2, 0.25) is 0 Å². The Bertz CT molecular complexity index is 935. The number of carbonyl (C=O) groups excluding carboxylic acids is 2. The molecule has 6 nitrogen and oxygen atoms in total. The van der Waals surface area contributed by atoms with Crippen LogP contribution in [0, 0.1) is 0 Å². The molecule has 0 aromatic heterocycles. The molecular weight excluding hydrogens is 446 g/mol. The van der Waals surface area contributed by atoms with Gasteiger partial charge in [-0.05, 0) is 68.0 Å². The summed E-state index contributed by atoms with van der Waals surface area (Å²) in [5.41, 5.74) is 2.76. The minimum atomic E-state index is -0.607. The van der Waals surface area contributed by atoms with Crippen molar-refractivity contribution >= 4 is 23.6 Å². The summed E-state index contributed by atoms with van der Waals surface area (Å²) in [6, 6.07) is 15.5. The second-order valence-corrected chi connectivity index (χ2v) is 9.84. The van der Waals surface area contributed by atoms with Gasteiger partial charge in [0.15, 0.2) is 0 Å². The van der Waals surface area contributed by atoms with Crippen LogP contribution in [0.3, 0.4) is 0 Å². The Balaban J connectivity index is 1.56. The predicted octanol–water partition coefficient (Wildman–Crippen LogP) is 4.24. The van der Waals surface area contributed by atoms with E-state index in [1.54, 1.807) is 30.0 Å². The summed E-state index contributed by atoms with van der Waals surface area (Å²) in [6.45, 7) is 4.87. The van der Waals surface area contributed by atoms with E-state index >= 15 is 0 Å². The molecule has 1 aliphatic rings. The van der Waals surface area contributed by atoms with Crippen molar-refractivity contribution in [3.63, 3.8) is 0 Å². The van der Waals surface area contributed by atoms with Crippen molar-refractivity contribution in [3.8, 4) is 5.75 Å². The number of amides is 2. The second-order valence-electron chi connectivity index (χ2n) is 8.86.